The topological polar surface area (TPSA) is 32.3 Å². The fourth-order valence-corrected chi connectivity index (χ4v) is 1.35. The lowest BCUT2D eigenvalue weighted by Gasteiger charge is -2.14. The summed E-state index contributed by atoms with van der Waals surface area (Å²) in [5.74, 6) is 0. The summed E-state index contributed by atoms with van der Waals surface area (Å²) in [6.45, 7) is 6.95. The van der Waals surface area contributed by atoms with Crippen LogP contribution in [0.4, 0.5) is 0 Å². The van der Waals surface area contributed by atoms with Crippen LogP contribution in [0.15, 0.2) is 0 Å². The Labute approximate surface area is 82.7 Å². The summed E-state index contributed by atoms with van der Waals surface area (Å²) in [4.78, 5) is 0. The van der Waals surface area contributed by atoms with E-state index in [1.807, 2.05) is 6.92 Å². The molecule has 2 N–H and O–H groups in total. The summed E-state index contributed by atoms with van der Waals surface area (Å²) in [7, 11) is 0. The van der Waals surface area contributed by atoms with Gasteiger partial charge >= 0.3 is 0 Å². The SMILES string of the molecule is CCCCCCC(C)NC[C@H](C)O. The number of aliphatic hydroxyl groups is 1. The first-order valence-corrected chi connectivity index (χ1v) is 5.58. The average Bonchev–Trinajstić information content (AvgIpc) is 2.09. The lowest BCUT2D eigenvalue weighted by atomic mass is 10.1. The van der Waals surface area contributed by atoms with Crippen LogP contribution in [0.25, 0.3) is 0 Å². The fraction of sp³-hybridized carbons (Fsp3) is 1.00. The summed E-state index contributed by atoms with van der Waals surface area (Å²) < 4.78 is 0. The summed E-state index contributed by atoms with van der Waals surface area (Å²) in [5.41, 5.74) is 0. The van der Waals surface area contributed by atoms with Crippen molar-refractivity contribution in [1.82, 2.24) is 5.32 Å². The Balaban J connectivity index is 3.15. The molecule has 2 heteroatoms. The van der Waals surface area contributed by atoms with Crippen molar-refractivity contribution in [3.8, 4) is 0 Å². The van der Waals surface area contributed by atoms with Gasteiger partial charge in [0.15, 0.2) is 0 Å². The Morgan fingerprint density at radius 1 is 1.15 bits per heavy atom. The monoisotopic (exact) mass is 187 g/mol. The van der Waals surface area contributed by atoms with Gasteiger partial charge in [-0.1, -0.05) is 32.6 Å². The zero-order chi connectivity index (χ0) is 10.1. The van der Waals surface area contributed by atoms with E-state index in [0.29, 0.717) is 6.04 Å². The molecule has 0 amide bonds. The molecule has 0 aromatic carbocycles. The number of rotatable bonds is 8. The molecule has 0 aliphatic carbocycles. The summed E-state index contributed by atoms with van der Waals surface area (Å²) in [6.07, 6.45) is 6.31. The normalized spacial score (nSPS) is 15.7. The van der Waals surface area contributed by atoms with Gasteiger partial charge in [0.2, 0.25) is 0 Å². The van der Waals surface area contributed by atoms with Gasteiger partial charge in [-0.25, -0.2) is 0 Å². The van der Waals surface area contributed by atoms with Gasteiger partial charge in [-0.05, 0) is 20.3 Å². The van der Waals surface area contributed by atoms with Gasteiger partial charge in [0.25, 0.3) is 0 Å². The largest absolute Gasteiger partial charge is 0.392 e. The van der Waals surface area contributed by atoms with Gasteiger partial charge in [-0.3, -0.25) is 0 Å². The van der Waals surface area contributed by atoms with E-state index in [0.717, 1.165) is 6.54 Å². The van der Waals surface area contributed by atoms with E-state index in [9.17, 15) is 0 Å². The van der Waals surface area contributed by atoms with Gasteiger partial charge in [0.1, 0.15) is 0 Å². The molecule has 0 heterocycles. The molecule has 0 spiro atoms. The van der Waals surface area contributed by atoms with Gasteiger partial charge in [-0.15, -0.1) is 0 Å². The van der Waals surface area contributed by atoms with E-state index >= 15 is 0 Å². The van der Waals surface area contributed by atoms with Crippen molar-refractivity contribution in [2.24, 2.45) is 0 Å². The highest BCUT2D eigenvalue weighted by molar-refractivity contribution is 4.62. The lowest BCUT2D eigenvalue weighted by molar-refractivity contribution is 0.186. The number of unbranched alkanes of at least 4 members (excludes halogenated alkanes) is 3. The van der Waals surface area contributed by atoms with Crippen molar-refractivity contribution in [2.45, 2.75) is 65.0 Å². The minimum absolute atomic E-state index is 0.224. The van der Waals surface area contributed by atoms with E-state index in [1.165, 1.54) is 32.1 Å². The zero-order valence-corrected chi connectivity index (χ0v) is 9.34. The molecule has 13 heavy (non-hydrogen) atoms. The maximum absolute atomic E-state index is 9.05. The Kier molecular flexibility index (Phi) is 8.46. The zero-order valence-electron chi connectivity index (χ0n) is 9.34. The molecule has 0 aliphatic rings. The lowest BCUT2D eigenvalue weighted by Crippen LogP contribution is -2.32. The van der Waals surface area contributed by atoms with Crippen LogP contribution in [-0.4, -0.2) is 23.8 Å². The van der Waals surface area contributed by atoms with Crippen molar-refractivity contribution in [3.05, 3.63) is 0 Å². The Morgan fingerprint density at radius 2 is 1.85 bits per heavy atom. The molecule has 0 aromatic rings. The summed E-state index contributed by atoms with van der Waals surface area (Å²) >= 11 is 0. The highest BCUT2D eigenvalue weighted by Crippen LogP contribution is 2.04. The predicted molar refractivity (Wildman–Crippen MR) is 57.9 cm³/mol. The Hall–Kier alpha value is -0.0800. The summed E-state index contributed by atoms with van der Waals surface area (Å²) in [6, 6.07) is 0.548. The van der Waals surface area contributed by atoms with Crippen LogP contribution < -0.4 is 5.32 Å². The number of aliphatic hydroxyl groups excluding tert-OH is 1. The second-order valence-electron chi connectivity index (χ2n) is 4.01. The van der Waals surface area contributed by atoms with E-state index in [1.54, 1.807) is 0 Å². The predicted octanol–water partition coefficient (Wildman–Crippen LogP) is 2.32. The minimum atomic E-state index is -0.224. The van der Waals surface area contributed by atoms with Crippen molar-refractivity contribution in [2.75, 3.05) is 6.54 Å². The maximum Gasteiger partial charge on any atom is 0.0636 e. The van der Waals surface area contributed by atoms with E-state index < -0.39 is 0 Å². The van der Waals surface area contributed by atoms with Crippen molar-refractivity contribution in [1.29, 1.82) is 0 Å². The van der Waals surface area contributed by atoms with Crippen LogP contribution in [-0.2, 0) is 0 Å². The van der Waals surface area contributed by atoms with Crippen LogP contribution in [0.2, 0.25) is 0 Å². The third kappa shape index (κ3) is 9.84. The third-order valence-corrected chi connectivity index (χ3v) is 2.25. The molecule has 0 bridgehead atoms. The molecule has 0 aromatic heterocycles. The fourth-order valence-electron chi connectivity index (χ4n) is 1.35. The number of nitrogens with one attached hydrogen (secondary N) is 1. The molecular weight excluding hydrogens is 162 g/mol. The number of hydrogen-bond acceptors (Lipinski definition) is 2. The smallest absolute Gasteiger partial charge is 0.0636 e. The van der Waals surface area contributed by atoms with Gasteiger partial charge in [0, 0.05) is 12.6 Å². The molecule has 0 fully saturated rings. The van der Waals surface area contributed by atoms with Gasteiger partial charge in [0.05, 0.1) is 6.10 Å². The van der Waals surface area contributed by atoms with Crippen molar-refractivity contribution in [3.63, 3.8) is 0 Å². The minimum Gasteiger partial charge on any atom is -0.392 e. The van der Waals surface area contributed by atoms with Crippen LogP contribution in [0.1, 0.15) is 52.9 Å². The molecule has 0 aliphatic heterocycles. The molecule has 0 radical (unpaired) electrons. The van der Waals surface area contributed by atoms with Crippen LogP contribution in [0, 0.1) is 0 Å². The molecule has 1 unspecified atom stereocenters. The van der Waals surface area contributed by atoms with Gasteiger partial charge < -0.3 is 10.4 Å². The second-order valence-corrected chi connectivity index (χ2v) is 4.01. The molecule has 0 rings (SSSR count). The molecule has 0 saturated heterocycles. The quantitative estimate of drug-likeness (QED) is 0.572. The van der Waals surface area contributed by atoms with Gasteiger partial charge in [-0.2, -0.15) is 0 Å². The maximum atomic E-state index is 9.05. The Bertz CT molecular complexity index is 104. The number of hydrogen-bond donors (Lipinski definition) is 2. The second kappa shape index (κ2) is 8.52. The summed E-state index contributed by atoms with van der Waals surface area (Å²) in [5, 5.41) is 12.4. The molecule has 2 atom stereocenters. The average molecular weight is 187 g/mol. The first-order valence-electron chi connectivity index (χ1n) is 5.58. The first kappa shape index (κ1) is 12.9. The van der Waals surface area contributed by atoms with E-state index in [4.69, 9.17) is 5.11 Å². The van der Waals surface area contributed by atoms with E-state index in [-0.39, 0.29) is 6.10 Å². The molecule has 2 nitrogen and oxygen atoms in total. The molecule has 0 saturated carbocycles. The highest BCUT2D eigenvalue weighted by atomic mass is 16.3. The highest BCUT2D eigenvalue weighted by Gasteiger charge is 2.02. The third-order valence-electron chi connectivity index (χ3n) is 2.25. The van der Waals surface area contributed by atoms with Crippen molar-refractivity contribution < 1.29 is 5.11 Å². The van der Waals surface area contributed by atoms with Crippen LogP contribution in [0.5, 0.6) is 0 Å². The van der Waals surface area contributed by atoms with Crippen LogP contribution in [0.3, 0.4) is 0 Å². The van der Waals surface area contributed by atoms with Crippen molar-refractivity contribution >= 4 is 0 Å². The molecule has 80 valence electrons. The standard InChI is InChI=1S/C11H25NO/c1-4-5-6-7-8-10(2)12-9-11(3)13/h10-13H,4-9H2,1-3H3/t10?,11-/m0/s1. The first-order chi connectivity index (χ1) is 6.16. The van der Waals surface area contributed by atoms with E-state index in [2.05, 4.69) is 19.2 Å². The van der Waals surface area contributed by atoms with Crippen LogP contribution >= 0.6 is 0 Å². The Morgan fingerprint density at radius 3 is 2.38 bits per heavy atom. The molecular formula is C11H25NO.